The van der Waals surface area contributed by atoms with Gasteiger partial charge in [-0.3, -0.25) is 0 Å². The maximum Gasteiger partial charge on any atom is 0.345 e. The number of ether oxygens (including phenoxy) is 2. The van der Waals surface area contributed by atoms with E-state index in [0.29, 0.717) is 21.9 Å². The van der Waals surface area contributed by atoms with Crippen LogP contribution in [0.25, 0.3) is 12.2 Å². The van der Waals surface area contributed by atoms with Crippen LogP contribution in [0.1, 0.15) is 0 Å². The van der Waals surface area contributed by atoms with Crippen molar-refractivity contribution in [1.29, 1.82) is 0 Å². The fourth-order valence-corrected chi connectivity index (χ4v) is 1.39. The molecule has 0 spiro atoms. The smallest absolute Gasteiger partial charge is 0.345 e. The van der Waals surface area contributed by atoms with E-state index < -0.39 is 11.9 Å². The Morgan fingerprint density at radius 3 is 1.71 bits per heavy atom. The molecular formula is C10H2O4. The van der Waals surface area contributed by atoms with Crippen molar-refractivity contribution < 1.29 is 19.1 Å². The maximum atomic E-state index is 10.8. The van der Waals surface area contributed by atoms with Crippen LogP contribution in [0, 0.1) is 0 Å². The van der Waals surface area contributed by atoms with E-state index in [4.69, 9.17) is 9.47 Å². The van der Waals surface area contributed by atoms with Crippen molar-refractivity contribution in [2.75, 3.05) is 0 Å². The average molecular weight is 186 g/mol. The van der Waals surface area contributed by atoms with Gasteiger partial charge in [0.05, 0.1) is 12.2 Å². The number of carbonyl (C=O) groups is 2. The van der Waals surface area contributed by atoms with E-state index in [-0.39, 0.29) is 0 Å². The summed E-state index contributed by atoms with van der Waals surface area (Å²) in [6.45, 7) is 0. The second kappa shape index (κ2) is 2.23. The zero-order valence-corrected chi connectivity index (χ0v) is 6.79. The lowest BCUT2D eigenvalue weighted by molar-refractivity contribution is -0.127. The first-order valence-corrected chi connectivity index (χ1v) is 3.88. The summed E-state index contributed by atoms with van der Waals surface area (Å²) in [6.07, 6.45) is 4.92. The van der Waals surface area contributed by atoms with Crippen LogP contribution in [-0.4, -0.2) is 11.9 Å². The molecule has 2 aliphatic heterocycles. The first-order valence-electron chi connectivity index (χ1n) is 3.88. The summed E-state index contributed by atoms with van der Waals surface area (Å²) < 4.78 is 9.62. The molecule has 2 aliphatic rings. The molecule has 1 aromatic carbocycles. The number of benzene rings is 1. The van der Waals surface area contributed by atoms with Crippen molar-refractivity contribution >= 4 is 24.1 Å². The Labute approximate surface area is 78.1 Å². The van der Waals surface area contributed by atoms with Crippen molar-refractivity contribution in [1.82, 2.24) is 0 Å². The normalized spacial score (nSPS) is 16.3. The van der Waals surface area contributed by atoms with Gasteiger partial charge in [0.15, 0.2) is 0 Å². The predicted molar refractivity (Wildman–Crippen MR) is 43.8 cm³/mol. The first kappa shape index (κ1) is 7.32. The van der Waals surface area contributed by atoms with Gasteiger partial charge in [-0.15, -0.1) is 0 Å². The van der Waals surface area contributed by atoms with Gasteiger partial charge in [0.25, 0.3) is 0 Å². The summed E-state index contributed by atoms with van der Waals surface area (Å²) in [5, 5.41) is 1.01. The van der Waals surface area contributed by atoms with Crippen LogP contribution >= 0.6 is 0 Å². The molecular weight excluding hydrogens is 184 g/mol. The number of carbonyl (C=O) groups excluding carboxylic acids is 2. The van der Waals surface area contributed by atoms with Gasteiger partial charge in [-0.2, -0.15) is 0 Å². The molecule has 0 aromatic heterocycles. The quantitative estimate of drug-likeness (QED) is 0.379. The molecule has 0 aliphatic carbocycles. The van der Waals surface area contributed by atoms with Crippen LogP contribution in [0.3, 0.4) is 0 Å². The van der Waals surface area contributed by atoms with Crippen LogP contribution in [0.5, 0.6) is 11.5 Å². The van der Waals surface area contributed by atoms with E-state index in [1.54, 1.807) is 0 Å². The lowest BCUT2D eigenvalue weighted by Gasteiger charge is -1.96. The molecule has 2 heterocycles. The Bertz CT molecular complexity index is 529. The Morgan fingerprint density at radius 2 is 1.29 bits per heavy atom. The van der Waals surface area contributed by atoms with Gasteiger partial charge >= 0.3 is 11.9 Å². The highest BCUT2D eigenvalue weighted by molar-refractivity contribution is 6.06. The highest BCUT2D eigenvalue weighted by Crippen LogP contribution is 2.14. The molecule has 0 amide bonds. The largest absolute Gasteiger partial charge is 0.422 e. The van der Waals surface area contributed by atoms with Crippen molar-refractivity contribution in [2.45, 2.75) is 0 Å². The van der Waals surface area contributed by atoms with E-state index in [1.165, 1.54) is 12.1 Å². The monoisotopic (exact) mass is 186 g/mol. The molecule has 0 unspecified atom stereocenters. The average Bonchev–Trinajstić information content (AvgIpc) is 2.59. The maximum absolute atomic E-state index is 10.8. The number of hydrogen-bond donors (Lipinski definition) is 0. The second-order valence-electron chi connectivity index (χ2n) is 2.87. The molecule has 4 heteroatoms. The van der Waals surface area contributed by atoms with Crippen LogP contribution in [-0.2, 0) is 9.59 Å². The molecule has 0 atom stereocenters. The molecule has 0 saturated carbocycles. The molecule has 0 bridgehead atoms. The van der Waals surface area contributed by atoms with Crippen LogP contribution in [0.15, 0.2) is 12.1 Å². The van der Waals surface area contributed by atoms with Crippen molar-refractivity contribution in [3.63, 3.8) is 0 Å². The Morgan fingerprint density at radius 1 is 0.857 bits per heavy atom. The second-order valence-corrected chi connectivity index (χ2v) is 2.87. The highest BCUT2D eigenvalue weighted by Gasteiger charge is 2.19. The molecule has 66 valence electrons. The lowest BCUT2D eigenvalue weighted by atomic mass is 10.2. The summed E-state index contributed by atoms with van der Waals surface area (Å²) in [5.41, 5.74) is 0. The summed E-state index contributed by atoms with van der Waals surface area (Å²) in [5.74, 6) is -0.288. The van der Waals surface area contributed by atoms with Crippen molar-refractivity contribution in [2.24, 2.45) is 0 Å². The van der Waals surface area contributed by atoms with E-state index in [1.807, 2.05) is 0 Å². The zero-order chi connectivity index (χ0) is 9.71. The first-order chi connectivity index (χ1) is 6.72. The third kappa shape index (κ3) is 0.877. The van der Waals surface area contributed by atoms with Gasteiger partial charge in [0, 0.05) is 10.4 Å². The summed E-state index contributed by atoms with van der Waals surface area (Å²) >= 11 is 0. The van der Waals surface area contributed by atoms with Gasteiger partial charge < -0.3 is 9.47 Å². The fraction of sp³-hybridized carbons (Fsp3) is 0. The minimum Gasteiger partial charge on any atom is -0.422 e. The third-order valence-electron chi connectivity index (χ3n) is 1.96. The SMILES string of the molecule is O=C1[C]=c2cc3c(cc2O1)=[C]C(=O)O3. The van der Waals surface area contributed by atoms with Crippen LogP contribution < -0.4 is 19.9 Å². The molecule has 14 heavy (non-hydrogen) atoms. The summed E-state index contributed by atoms with van der Waals surface area (Å²) in [6, 6.07) is 3.07. The Kier molecular flexibility index (Phi) is 1.16. The van der Waals surface area contributed by atoms with Gasteiger partial charge in [-0.1, -0.05) is 0 Å². The molecule has 0 saturated heterocycles. The van der Waals surface area contributed by atoms with E-state index >= 15 is 0 Å². The number of hydrogen-bond acceptors (Lipinski definition) is 4. The van der Waals surface area contributed by atoms with Gasteiger partial charge in [-0.25, -0.2) is 9.59 Å². The standard InChI is InChI=1S/C10H2O4/c11-9-3-5-1-7-6(2-8(5)14-9)4-10(12)13-7/h1-2H. The number of rotatable bonds is 0. The molecule has 3 rings (SSSR count). The molecule has 0 N–H and O–H groups in total. The Balaban J connectivity index is 2.33. The number of esters is 2. The molecule has 0 fully saturated rings. The van der Waals surface area contributed by atoms with Crippen LogP contribution in [0.4, 0.5) is 0 Å². The minimum atomic E-state index is -0.532. The molecule has 4 nitrogen and oxygen atoms in total. The highest BCUT2D eigenvalue weighted by atomic mass is 16.5. The minimum absolute atomic E-state index is 0.388. The van der Waals surface area contributed by atoms with Gasteiger partial charge in [-0.05, 0) is 12.1 Å². The topological polar surface area (TPSA) is 52.6 Å². The fourth-order valence-electron chi connectivity index (χ4n) is 1.39. The van der Waals surface area contributed by atoms with Gasteiger partial charge in [0.2, 0.25) is 0 Å². The molecule has 2 radical (unpaired) electrons. The number of fused-ring (bicyclic) bond motifs is 2. The van der Waals surface area contributed by atoms with Gasteiger partial charge in [0.1, 0.15) is 11.5 Å². The van der Waals surface area contributed by atoms with E-state index in [0.717, 1.165) is 0 Å². The van der Waals surface area contributed by atoms with E-state index in [2.05, 4.69) is 12.2 Å². The predicted octanol–water partition coefficient (Wildman–Crippen LogP) is -1.16. The van der Waals surface area contributed by atoms with Crippen molar-refractivity contribution in [3.05, 3.63) is 22.6 Å². The van der Waals surface area contributed by atoms with Crippen LogP contribution in [0.2, 0.25) is 0 Å². The molecule has 1 aromatic rings. The van der Waals surface area contributed by atoms with Crippen molar-refractivity contribution in [3.8, 4) is 11.5 Å². The Hall–Kier alpha value is -2.10. The zero-order valence-electron chi connectivity index (χ0n) is 6.79. The third-order valence-corrected chi connectivity index (χ3v) is 1.96. The summed E-state index contributed by atoms with van der Waals surface area (Å²) in [4.78, 5) is 21.7. The van der Waals surface area contributed by atoms with E-state index in [9.17, 15) is 9.59 Å². The summed E-state index contributed by atoms with van der Waals surface area (Å²) in [7, 11) is 0. The lowest BCUT2D eigenvalue weighted by Crippen LogP contribution is -2.08.